The van der Waals surface area contributed by atoms with E-state index in [1.54, 1.807) is 11.8 Å². The lowest BCUT2D eigenvalue weighted by Gasteiger charge is -2.20. The molecule has 0 fully saturated rings. The zero-order valence-electron chi connectivity index (χ0n) is 12.5. The van der Waals surface area contributed by atoms with Crippen LogP contribution in [0.1, 0.15) is 26.5 Å². The first kappa shape index (κ1) is 15.0. The van der Waals surface area contributed by atoms with Gasteiger partial charge < -0.3 is 5.32 Å². The summed E-state index contributed by atoms with van der Waals surface area (Å²) in [4.78, 5) is 10.2. The van der Waals surface area contributed by atoms with Gasteiger partial charge in [-0.1, -0.05) is 12.1 Å². The van der Waals surface area contributed by atoms with Crippen molar-refractivity contribution in [3.63, 3.8) is 0 Å². The number of nitrogens with one attached hydrogen (secondary N) is 1. The van der Waals surface area contributed by atoms with E-state index in [1.165, 1.54) is 4.90 Å². The maximum absolute atomic E-state index is 4.62. The Kier molecular flexibility index (Phi) is 4.78. The molecule has 0 radical (unpaired) electrons. The smallest absolute Gasteiger partial charge is 0.159 e. The minimum Gasteiger partial charge on any atom is -0.306 e. The third kappa shape index (κ3) is 4.32. The van der Waals surface area contributed by atoms with Gasteiger partial charge in [0, 0.05) is 28.7 Å². The highest BCUT2D eigenvalue weighted by Crippen LogP contribution is 2.20. The molecule has 2 rings (SSSR count). The minimum absolute atomic E-state index is 0.0884. The van der Waals surface area contributed by atoms with Crippen molar-refractivity contribution in [1.29, 1.82) is 0 Å². The van der Waals surface area contributed by atoms with Crippen molar-refractivity contribution in [2.75, 3.05) is 6.26 Å². The lowest BCUT2D eigenvalue weighted by Crippen LogP contribution is -2.35. The molecule has 106 valence electrons. The van der Waals surface area contributed by atoms with Crippen molar-refractivity contribution >= 4 is 11.8 Å². The Morgan fingerprint density at radius 3 is 2.40 bits per heavy atom. The standard InChI is InChI=1S/C16H21N3S/c1-16(2,3)18-11-13-9-10-17-15(19-13)12-5-7-14(20-4)8-6-12/h5-10,18H,11H2,1-4H3. The Morgan fingerprint density at radius 1 is 1.10 bits per heavy atom. The fourth-order valence-electron chi connectivity index (χ4n) is 1.73. The van der Waals surface area contributed by atoms with Gasteiger partial charge in [0.25, 0.3) is 0 Å². The third-order valence-corrected chi connectivity index (χ3v) is 3.60. The molecule has 20 heavy (non-hydrogen) atoms. The Morgan fingerprint density at radius 2 is 1.80 bits per heavy atom. The van der Waals surface area contributed by atoms with Gasteiger partial charge in [0.2, 0.25) is 0 Å². The molecule has 1 aromatic carbocycles. The van der Waals surface area contributed by atoms with Crippen LogP contribution in [0.5, 0.6) is 0 Å². The van der Waals surface area contributed by atoms with Gasteiger partial charge >= 0.3 is 0 Å². The van der Waals surface area contributed by atoms with E-state index in [1.807, 2.05) is 12.3 Å². The molecule has 3 nitrogen and oxygen atoms in total. The highest BCUT2D eigenvalue weighted by molar-refractivity contribution is 7.98. The van der Waals surface area contributed by atoms with Crippen LogP contribution in [-0.2, 0) is 6.54 Å². The molecule has 1 aromatic heterocycles. The van der Waals surface area contributed by atoms with Crippen LogP contribution in [0.15, 0.2) is 41.4 Å². The van der Waals surface area contributed by atoms with E-state index in [4.69, 9.17) is 0 Å². The largest absolute Gasteiger partial charge is 0.306 e. The quantitative estimate of drug-likeness (QED) is 0.869. The maximum atomic E-state index is 4.62. The second kappa shape index (κ2) is 6.37. The highest BCUT2D eigenvalue weighted by atomic mass is 32.2. The van der Waals surface area contributed by atoms with E-state index in [9.17, 15) is 0 Å². The molecule has 0 aliphatic carbocycles. The Bertz CT molecular complexity index is 559. The van der Waals surface area contributed by atoms with Gasteiger partial charge in [-0.25, -0.2) is 9.97 Å². The summed E-state index contributed by atoms with van der Waals surface area (Å²) in [7, 11) is 0. The normalized spacial score (nSPS) is 11.6. The molecule has 0 saturated heterocycles. The maximum Gasteiger partial charge on any atom is 0.159 e. The van der Waals surface area contributed by atoms with Crippen molar-refractivity contribution in [2.24, 2.45) is 0 Å². The fourth-order valence-corrected chi connectivity index (χ4v) is 2.14. The Balaban J connectivity index is 2.16. The molecule has 0 atom stereocenters. The van der Waals surface area contributed by atoms with Crippen LogP contribution in [0.3, 0.4) is 0 Å². The molecule has 1 heterocycles. The Labute approximate surface area is 125 Å². The van der Waals surface area contributed by atoms with Crippen LogP contribution in [0.2, 0.25) is 0 Å². The first-order valence-corrected chi connectivity index (χ1v) is 7.92. The molecule has 4 heteroatoms. The minimum atomic E-state index is 0.0884. The summed E-state index contributed by atoms with van der Waals surface area (Å²) in [6.45, 7) is 7.20. The average molecular weight is 287 g/mol. The van der Waals surface area contributed by atoms with Crippen LogP contribution in [0.4, 0.5) is 0 Å². The van der Waals surface area contributed by atoms with Crippen LogP contribution in [-0.4, -0.2) is 21.8 Å². The predicted molar refractivity (Wildman–Crippen MR) is 85.8 cm³/mol. The lowest BCUT2D eigenvalue weighted by molar-refractivity contribution is 0.421. The van der Waals surface area contributed by atoms with E-state index in [-0.39, 0.29) is 5.54 Å². The van der Waals surface area contributed by atoms with E-state index in [0.717, 1.165) is 23.6 Å². The summed E-state index contributed by atoms with van der Waals surface area (Å²) >= 11 is 1.74. The average Bonchev–Trinajstić information content (AvgIpc) is 2.45. The van der Waals surface area contributed by atoms with Gasteiger partial charge in [-0.2, -0.15) is 0 Å². The summed E-state index contributed by atoms with van der Waals surface area (Å²) in [6, 6.07) is 10.3. The molecule has 0 amide bonds. The van der Waals surface area contributed by atoms with Crippen molar-refractivity contribution in [3.8, 4) is 11.4 Å². The summed E-state index contributed by atoms with van der Waals surface area (Å²) in [5.74, 6) is 0.783. The van der Waals surface area contributed by atoms with E-state index < -0.39 is 0 Å². The number of aromatic nitrogens is 2. The van der Waals surface area contributed by atoms with Gasteiger partial charge in [0.1, 0.15) is 0 Å². The van der Waals surface area contributed by atoms with Crippen LogP contribution < -0.4 is 5.32 Å². The molecule has 1 N–H and O–H groups in total. The second-order valence-corrected chi connectivity index (χ2v) is 6.58. The van der Waals surface area contributed by atoms with Gasteiger partial charge in [-0.3, -0.25) is 0 Å². The predicted octanol–water partition coefficient (Wildman–Crippen LogP) is 3.75. The topological polar surface area (TPSA) is 37.8 Å². The first-order chi connectivity index (χ1) is 9.48. The molecule has 0 unspecified atom stereocenters. The number of benzene rings is 1. The zero-order valence-corrected chi connectivity index (χ0v) is 13.3. The Hall–Kier alpha value is -1.39. The summed E-state index contributed by atoms with van der Waals surface area (Å²) in [6.07, 6.45) is 3.90. The van der Waals surface area contributed by atoms with Crippen LogP contribution in [0.25, 0.3) is 11.4 Å². The van der Waals surface area contributed by atoms with Crippen molar-refractivity contribution in [1.82, 2.24) is 15.3 Å². The highest BCUT2D eigenvalue weighted by Gasteiger charge is 2.09. The van der Waals surface area contributed by atoms with Gasteiger partial charge in [0.15, 0.2) is 5.82 Å². The van der Waals surface area contributed by atoms with Crippen LogP contribution in [0, 0.1) is 0 Å². The molecule has 0 saturated carbocycles. The number of hydrogen-bond donors (Lipinski definition) is 1. The van der Waals surface area contributed by atoms with Crippen LogP contribution >= 0.6 is 11.8 Å². The molecule has 0 bridgehead atoms. The second-order valence-electron chi connectivity index (χ2n) is 5.70. The SMILES string of the molecule is CSc1ccc(-c2nccc(CNC(C)(C)C)n2)cc1. The summed E-state index contributed by atoms with van der Waals surface area (Å²) < 4.78 is 0. The monoisotopic (exact) mass is 287 g/mol. The van der Waals surface area contributed by atoms with Crippen molar-refractivity contribution in [3.05, 3.63) is 42.2 Å². The zero-order chi connectivity index (χ0) is 14.6. The first-order valence-electron chi connectivity index (χ1n) is 6.69. The molecule has 0 aliphatic heterocycles. The molecular formula is C16H21N3S. The molecular weight excluding hydrogens is 266 g/mol. The number of nitrogens with zero attached hydrogens (tertiary/aromatic N) is 2. The summed E-state index contributed by atoms with van der Waals surface area (Å²) in [5, 5.41) is 3.44. The van der Waals surface area contributed by atoms with Gasteiger partial charge in [-0.15, -0.1) is 11.8 Å². The molecule has 0 spiro atoms. The summed E-state index contributed by atoms with van der Waals surface area (Å²) in [5.41, 5.74) is 2.16. The number of rotatable bonds is 4. The van der Waals surface area contributed by atoms with E-state index in [2.05, 4.69) is 66.6 Å². The molecule has 0 aliphatic rings. The number of thioether (sulfide) groups is 1. The van der Waals surface area contributed by atoms with Gasteiger partial charge in [0.05, 0.1) is 5.69 Å². The van der Waals surface area contributed by atoms with E-state index in [0.29, 0.717) is 0 Å². The van der Waals surface area contributed by atoms with Crippen molar-refractivity contribution < 1.29 is 0 Å². The number of hydrogen-bond acceptors (Lipinski definition) is 4. The fraction of sp³-hybridized carbons (Fsp3) is 0.375. The lowest BCUT2D eigenvalue weighted by atomic mass is 10.1. The third-order valence-electron chi connectivity index (χ3n) is 2.86. The van der Waals surface area contributed by atoms with Gasteiger partial charge in [-0.05, 0) is 45.2 Å². The molecule has 2 aromatic rings. The van der Waals surface area contributed by atoms with Crippen molar-refractivity contribution in [2.45, 2.75) is 37.8 Å². The van der Waals surface area contributed by atoms with E-state index >= 15 is 0 Å².